The average Bonchev–Trinajstić information content (AvgIpc) is 3.13. The molecule has 0 spiro atoms. The monoisotopic (exact) mass is 292 g/mol. The van der Waals surface area contributed by atoms with Gasteiger partial charge in [-0.25, -0.2) is 0 Å². The van der Waals surface area contributed by atoms with E-state index in [4.69, 9.17) is 0 Å². The number of benzene rings is 1. The minimum absolute atomic E-state index is 0.792. The first-order chi connectivity index (χ1) is 8.27. The van der Waals surface area contributed by atoms with Crippen molar-refractivity contribution in [2.24, 2.45) is 0 Å². The van der Waals surface area contributed by atoms with Gasteiger partial charge in [-0.05, 0) is 41.8 Å². The van der Waals surface area contributed by atoms with Gasteiger partial charge in [0.05, 0.1) is 0 Å². The van der Waals surface area contributed by atoms with Gasteiger partial charge >= 0.3 is 0 Å². The topological polar surface area (TPSA) is 17.0 Å². The summed E-state index contributed by atoms with van der Waals surface area (Å²) in [6.07, 6.45) is 2.71. The lowest BCUT2D eigenvalue weighted by Gasteiger charge is -2.08. The van der Waals surface area contributed by atoms with Crippen molar-refractivity contribution in [3.8, 4) is 0 Å². The van der Waals surface area contributed by atoms with Gasteiger partial charge in [-0.3, -0.25) is 0 Å². The summed E-state index contributed by atoms with van der Waals surface area (Å²) in [5.74, 6) is 0. The molecule has 1 aliphatic carbocycles. The molecule has 2 nitrogen and oxygen atoms in total. The Morgan fingerprint density at radius 3 is 2.88 bits per heavy atom. The van der Waals surface area contributed by atoms with Crippen LogP contribution in [0.4, 0.5) is 0 Å². The van der Waals surface area contributed by atoms with E-state index >= 15 is 0 Å². The first kappa shape index (κ1) is 11.3. The standard InChI is InChI=1S/C14H17BrN2/c1-10-14(15)12-4-2-3-5-13(12)17(10)9-8-16-11-6-7-11/h2-5,11,16H,6-9H2,1H3. The highest BCUT2D eigenvalue weighted by atomic mass is 79.9. The Labute approximate surface area is 110 Å². The second-order valence-corrected chi connectivity index (χ2v) is 5.59. The molecule has 2 aromatic rings. The van der Waals surface area contributed by atoms with Gasteiger partial charge in [0.15, 0.2) is 0 Å². The van der Waals surface area contributed by atoms with Crippen LogP contribution in [-0.4, -0.2) is 17.2 Å². The molecule has 0 amide bonds. The molecule has 0 bridgehead atoms. The van der Waals surface area contributed by atoms with Crippen LogP contribution in [-0.2, 0) is 6.54 Å². The van der Waals surface area contributed by atoms with Crippen LogP contribution in [0.3, 0.4) is 0 Å². The molecule has 1 saturated carbocycles. The van der Waals surface area contributed by atoms with Crippen molar-refractivity contribution in [1.29, 1.82) is 0 Å². The van der Waals surface area contributed by atoms with E-state index in [1.807, 2.05) is 0 Å². The smallest absolute Gasteiger partial charge is 0.0494 e. The van der Waals surface area contributed by atoms with E-state index in [1.165, 1.54) is 33.9 Å². The van der Waals surface area contributed by atoms with Gasteiger partial charge in [0, 0.05) is 40.2 Å². The van der Waals surface area contributed by atoms with Crippen molar-refractivity contribution in [2.45, 2.75) is 32.4 Å². The number of aromatic nitrogens is 1. The SMILES string of the molecule is Cc1c(Br)c2ccccc2n1CCNC1CC1. The van der Waals surface area contributed by atoms with Crippen LogP contribution in [0.15, 0.2) is 28.7 Å². The van der Waals surface area contributed by atoms with Gasteiger partial charge in [0.25, 0.3) is 0 Å². The Balaban J connectivity index is 1.88. The van der Waals surface area contributed by atoms with Crippen LogP contribution < -0.4 is 5.32 Å². The van der Waals surface area contributed by atoms with Gasteiger partial charge in [-0.15, -0.1) is 0 Å². The molecule has 90 valence electrons. The molecule has 0 saturated heterocycles. The van der Waals surface area contributed by atoms with Gasteiger partial charge in [-0.1, -0.05) is 18.2 Å². The lowest BCUT2D eigenvalue weighted by Crippen LogP contribution is -2.22. The molecule has 1 fully saturated rings. The Morgan fingerprint density at radius 1 is 1.35 bits per heavy atom. The van der Waals surface area contributed by atoms with E-state index in [0.29, 0.717) is 0 Å². The fourth-order valence-corrected chi connectivity index (χ4v) is 2.89. The maximum absolute atomic E-state index is 3.69. The molecule has 3 heteroatoms. The van der Waals surface area contributed by atoms with Crippen LogP contribution in [0.2, 0.25) is 0 Å². The number of nitrogens with zero attached hydrogens (tertiary/aromatic N) is 1. The molecule has 1 aromatic carbocycles. The minimum atomic E-state index is 0.792. The number of hydrogen-bond donors (Lipinski definition) is 1. The zero-order chi connectivity index (χ0) is 11.8. The number of para-hydroxylation sites is 1. The molecular weight excluding hydrogens is 276 g/mol. The molecule has 0 atom stereocenters. The summed E-state index contributed by atoms with van der Waals surface area (Å²) in [4.78, 5) is 0. The van der Waals surface area contributed by atoms with E-state index < -0.39 is 0 Å². The fourth-order valence-electron chi connectivity index (χ4n) is 2.34. The number of hydrogen-bond acceptors (Lipinski definition) is 1. The van der Waals surface area contributed by atoms with Crippen molar-refractivity contribution >= 4 is 26.8 Å². The van der Waals surface area contributed by atoms with E-state index in [1.54, 1.807) is 0 Å². The van der Waals surface area contributed by atoms with E-state index in [-0.39, 0.29) is 0 Å². The van der Waals surface area contributed by atoms with Crippen molar-refractivity contribution in [1.82, 2.24) is 9.88 Å². The summed E-state index contributed by atoms with van der Waals surface area (Å²) in [6.45, 7) is 4.30. The quantitative estimate of drug-likeness (QED) is 0.913. The van der Waals surface area contributed by atoms with Crippen molar-refractivity contribution in [3.63, 3.8) is 0 Å². The second kappa shape index (κ2) is 4.46. The van der Waals surface area contributed by atoms with E-state index in [0.717, 1.165) is 19.1 Å². The molecule has 17 heavy (non-hydrogen) atoms. The molecule has 1 heterocycles. The second-order valence-electron chi connectivity index (χ2n) is 4.80. The Bertz CT molecular complexity index is 540. The lowest BCUT2D eigenvalue weighted by atomic mass is 10.2. The van der Waals surface area contributed by atoms with E-state index in [9.17, 15) is 0 Å². The fraction of sp³-hybridized carbons (Fsp3) is 0.429. The largest absolute Gasteiger partial charge is 0.342 e. The number of rotatable bonds is 4. The summed E-state index contributed by atoms with van der Waals surface area (Å²) >= 11 is 3.69. The highest BCUT2D eigenvalue weighted by molar-refractivity contribution is 9.10. The molecule has 1 N–H and O–H groups in total. The highest BCUT2D eigenvalue weighted by Crippen LogP contribution is 2.30. The molecule has 1 aliphatic rings. The van der Waals surface area contributed by atoms with Gasteiger partial charge in [-0.2, -0.15) is 0 Å². The zero-order valence-corrected chi connectivity index (χ0v) is 11.6. The Kier molecular flexibility index (Phi) is 2.97. The highest BCUT2D eigenvalue weighted by Gasteiger charge is 2.20. The summed E-state index contributed by atoms with van der Waals surface area (Å²) in [6, 6.07) is 9.38. The lowest BCUT2D eigenvalue weighted by molar-refractivity contribution is 0.598. The van der Waals surface area contributed by atoms with Gasteiger partial charge in [0.2, 0.25) is 0 Å². The van der Waals surface area contributed by atoms with Gasteiger partial charge in [0.1, 0.15) is 0 Å². The number of nitrogens with one attached hydrogen (secondary N) is 1. The average molecular weight is 293 g/mol. The maximum atomic E-state index is 3.69. The van der Waals surface area contributed by atoms with Crippen molar-refractivity contribution in [2.75, 3.05) is 6.54 Å². The molecule has 0 unspecified atom stereocenters. The molecule has 0 aliphatic heterocycles. The van der Waals surface area contributed by atoms with Crippen LogP contribution in [0, 0.1) is 6.92 Å². The Morgan fingerprint density at radius 2 is 2.12 bits per heavy atom. The number of halogens is 1. The first-order valence-corrected chi connectivity index (χ1v) is 7.03. The van der Waals surface area contributed by atoms with Crippen LogP contribution in [0.25, 0.3) is 10.9 Å². The van der Waals surface area contributed by atoms with E-state index in [2.05, 4.69) is 57.0 Å². The third kappa shape index (κ3) is 2.14. The predicted octanol–water partition coefficient (Wildman–Crippen LogP) is 3.46. The third-order valence-electron chi connectivity index (χ3n) is 3.50. The molecule has 1 aromatic heterocycles. The summed E-state index contributed by atoms with van der Waals surface area (Å²) < 4.78 is 3.63. The van der Waals surface area contributed by atoms with Crippen molar-refractivity contribution < 1.29 is 0 Å². The number of fused-ring (bicyclic) bond motifs is 1. The van der Waals surface area contributed by atoms with Crippen LogP contribution in [0.5, 0.6) is 0 Å². The predicted molar refractivity (Wildman–Crippen MR) is 75.4 cm³/mol. The summed E-state index contributed by atoms with van der Waals surface area (Å²) in [5.41, 5.74) is 2.65. The molecular formula is C14H17BrN2. The molecule has 3 rings (SSSR count). The van der Waals surface area contributed by atoms with Crippen LogP contribution in [0.1, 0.15) is 18.5 Å². The summed E-state index contributed by atoms with van der Waals surface area (Å²) in [7, 11) is 0. The molecule has 0 radical (unpaired) electrons. The Hall–Kier alpha value is -0.800. The third-order valence-corrected chi connectivity index (χ3v) is 4.50. The van der Waals surface area contributed by atoms with Crippen LogP contribution >= 0.6 is 15.9 Å². The minimum Gasteiger partial charge on any atom is -0.342 e. The normalized spacial score (nSPS) is 15.6. The van der Waals surface area contributed by atoms with Gasteiger partial charge < -0.3 is 9.88 Å². The summed E-state index contributed by atoms with van der Waals surface area (Å²) in [5, 5.41) is 4.89. The first-order valence-electron chi connectivity index (χ1n) is 6.24. The zero-order valence-electron chi connectivity index (χ0n) is 10.0. The maximum Gasteiger partial charge on any atom is 0.0494 e. The van der Waals surface area contributed by atoms with Crippen molar-refractivity contribution in [3.05, 3.63) is 34.4 Å².